The number of hydrogen-bond acceptors (Lipinski definition) is 1. The second kappa shape index (κ2) is 2.35. The molecule has 0 amide bonds. The summed E-state index contributed by atoms with van der Waals surface area (Å²) in [6, 6.07) is 0. The summed E-state index contributed by atoms with van der Waals surface area (Å²) in [5, 5.41) is 0. The first kappa shape index (κ1) is 8.31. The Morgan fingerprint density at radius 3 is 1.58 bits per heavy atom. The molecule has 0 radical (unpaired) electrons. The van der Waals surface area contributed by atoms with Crippen LogP contribution in [0, 0.1) is 0 Å². The van der Waals surface area contributed by atoms with E-state index >= 15 is 0 Å². The van der Waals surface area contributed by atoms with E-state index in [0.717, 1.165) is 0 Å². The summed E-state index contributed by atoms with van der Waals surface area (Å²) >= 11 is 0. The van der Waals surface area contributed by atoms with Gasteiger partial charge in [-0.05, 0) is 0 Å². The van der Waals surface area contributed by atoms with Crippen LogP contribution in [0.5, 0.6) is 0 Å². The molecule has 0 unspecified atom stereocenters. The molecule has 0 aliphatic carbocycles. The van der Waals surface area contributed by atoms with Crippen molar-refractivity contribution in [3.05, 3.63) is 0 Å². The highest BCUT2D eigenvalue weighted by molar-refractivity contribution is 4.71. The molecule has 0 aromatic carbocycles. The highest BCUT2D eigenvalue weighted by Crippen LogP contribution is 2.34. The molecule has 0 aromatic heterocycles. The lowest BCUT2D eigenvalue weighted by atomic mass is 10.2. The molecule has 3 aliphatic rings. The second-order valence-corrected chi connectivity index (χ2v) is 3.63. The molecule has 5 heteroatoms. The molecule has 3 fully saturated rings. The fraction of sp³-hybridized carbons (Fsp3) is 1.00. The Hall–Kier alpha value is -0.290. The summed E-state index contributed by atoms with van der Waals surface area (Å²) in [6.07, 6.45) is -4.04. The first-order valence-electron chi connectivity index (χ1n) is 4.19. The lowest BCUT2D eigenvalue weighted by Crippen LogP contribution is -2.72. The molecular weight excluding hydrogens is 169 g/mol. The third kappa shape index (κ3) is 1.03. The van der Waals surface area contributed by atoms with Gasteiger partial charge in [0.15, 0.2) is 0 Å². The largest absolute Gasteiger partial charge is 0.561 e. The van der Waals surface area contributed by atoms with Crippen molar-refractivity contribution in [2.24, 2.45) is 0 Å². The van der Waals surface area contributed by atoms with Gasteiger partial charge in [-0.25, -0.2) is 4.48 Å². The quantitative estimate of drug-likeness (QED) is 0.392. The molecule has 2 bridgehead atoms. The number of quaternary nitrogens is 1. The minimum atomic E-state index is -4.04. The molecule has 0 N–H and O–H groups in total. The van der Waals surface area contributed by atoms with E-state index in [2.05, 4.69) is 4.90 Å². The van der Waals surface area contributed by atoms with Crippen LogP contribution in [-0.4, -0.2) is 55.0 Å². The number of alkyl halides is 3. The number of piperazine rings is 3. The van der Waals surface area contributed by atoms with Crippen LogP contribution in [-0.2, 0) is 0 Å². The van der Waals surface area contributed by atoms with Gasteiger partial charge >= 0.3 is 6.30 Å². The van der Waals surface area contributed by atoms with Crippen molar-refractivity contribution in [1.29, 1.82) is 0 Å². The molecule has 70 valence electrons. The third-order valence-corrected chi connectivity index (χ3v) is 3.07. The van der Waals surface area contributed by atoms with Gasteiger partial charge in [0, 0.05) is 19.6 Å². The number of halogens is 3. The zero-order valence-corrected chi connectivity index (χ0v) is 6.77. The zero-order valence-electron chi connectivity index (χ0n) is 6.77. The summed E-state index contributed by atoms with van der Waals surface area (Å²) in [7, 11) is 0. The van der Waals surface area contributed by atoms with Crippen LogP contribution < -0.4 is 0 Å². The summed E-state index contributed by atoms with van der Waals surface area (Å²) < 4.78 is 37.1. The summed E-state index contributed by atoms with van der Waals surface area (Å²) in [5.74, 6) is 0. The molecule has 0 atom stereocenters. The predicted molar refractivity (Wildman–Crippen MR) is 37.4 cm³/mol. The number of hydrogen-bond donors (Lipinski definition) is 0. The monoisotopic (exact) mass is 181 g/mol. The van der Waals surface area contributed by atoms with Crippen molar-refractivity contribution in [1.82, 2.24) is 4.90 Å². The van der Waals surface area contributed by atoms with E-state index in [1.54, 1.807) is 0 Å². The van der Waals surface area contributed by atoms with E-state index in [-0.39, 0.29) is 19.6 Å². The molecular formula is C7H12F3N2+. The Morgan fingerprint density at radius 2 is 1.33 bits per heavy atom. The van der Waals surface area contributed by atoms with Crippen molar-refractivity contribution in [2.75, 3.05) is 39.3 Å². The van der Waals surface area contributed by atoms with Crippen LogP contribution in [0.4, 0.5) is 13.2 Å². The van der Waals surface area contributed by atoms with Crippen LogP contribution in [0.15, 0.2) is 0 Å². The molecule has 3 rings (SSSR count). The normalized spacial score (nSPS) is 41.8. The van der Waals surface area contributed by atoms with Gasteiger partial charge in [-0.3, -0.25) is 4.90 Å². The fourth-order valence-corrected chi connectivity index (χ4v) is 2.05. The average molecular weight is 181 g/mol. The van der Waals surface area contributed by atoms with Gasteiger partial charge in [0.25, 0.3) is 0 Å². The minimum absolute atomic E-state index is 0.253. The van der Waals surface area contributed by atoms with Crippen molar-refractivity contribution in [3.8, 4) is 0 Å². The van der Waals surface area contributed by atoms with Crippen LogP contribution in [0.25, 0.3) is 0 Å². The van der Waals surface area contributed by atoms with Gasteiger partial charge in [-0.1, -0.05) is 0 Å². The molecule has 0 aromatic rings. The van der Waals surface area contributed by atoms with E-state index in [9.17, 15) is 13.2 Å². The van der Waals surface area contributed by atoms with Gasteiger partial charge in [-0.2, -0.15) is 0 Å². The topological polar surface area (TPSA) is 3.24 Å². The van der Waals surface area contributed by atoms with E-state index < -0.39 is 10.8 Å². The Labute approximate surface area is 69.1 Å². The first-order valence-corrected chi connectivity index (χ1v) is 4.19. The smallest absolute Gasteiger partial charge is 0.287 e. The number of nitrogens with zero attached hydrogens (tertiary/aromatic N) is 2. The van der Waals surface area contributed by atoms with Crippen LogP contribution in [0.1, 0.15) is 0 Å². The number of fused-ring (bicyclic) bond motifs is 3. The average Bonchev–Trinajstić information content (AvgIpc) is 2.06. The Balaban J connectivity index is 2.19. The van der Waals surface area contributed by atoms with Gasteiger partial charge in [0.05, 0.1) is 19.6 Å². The van der Waals surface area contributed by atoms with Crippen molar-refractivity contribution in [2.45, 2.75) is 6.30 Å². The van der Waals surface area contributed by atoms with Crippen molar-refractivity contribution in [3.63, 3.8) is 0 Å². The molecule has 0 saturated carbocycles. The second-order valence-electron chi connectivity index (χ2n) is 3.63. The summed E-state index contributed by atoms with van der Waals surface area (Å²) in [4.78, 5) is 2.10. The minimum Gasteiger partial charge on any atom is -0.287 e. The maximum absolute atomic E-state index is 12.6. The molecule has 12 heavy (non-hydrogen) atoms. The van der Waals surface area contributed by atoms with Gasteiger partial charge in [-0.15, -0.1) is 13.2 Å². The molecule has 0 spiro atoms. The lowest BCUT2D eigenvalue weighted by Gasteiger charge is -2.49. The van der Waals surface area contributed by atoms with Gasteiger partial charge < -0.3 is 0 Å². The summed E-state index contributed by atoms with van der Waals surface area (Å²) in [5.41, 5.74) is 0. The summed E-state index contributed by atoms with van der Waals surface area (Å²) in [6.45, 7) is 2.59. The fourth-order valence-electron chi connectivity index (χ4n) is 2.05. The van der Waals surface area contributed by atoms with Gasteiger partial charge in [0.1, 0.15) is 0 Å². The molecule has 3 saturated heterocycles. The van der Waals surface area contributed by atoms with Crippen LogP contribution in [0.3, 0.4) is 0 Å². The van der Waals surface area contributed by atoms with E-state index in [1.165, 1.54) is 0 Å². The van der Waals surface area contributed by atoms with Crippen molar-refractivity contribution >= 4 is 0 Å². The highest BCUT2D eigenvalue weighted by atomic mass is 19.4. The standard InChI is InChI=1S/C7H12F3N2/c8-7(9,10)12-4-1-11(2-5-12)3-6-12/h1-6H2/q+1. The Kier molecular flexibility index (Phi) is 1.63. The maximum Gasteiger partial charge on any atom is 0.561 e. The highest BCUT2D eigenvalue weighted by Gasteiger charge is 2.58. The lowest BCUT2D eigenvalue weighted by molar-refractivity contribution is -1.04. The predicted octanol–water partition coefficient (Wildman–Crippen LogP) is 0.652. The zero-order chi connectivity index (χ0) is 8.82. The Morgan fingerprint density at radius 1 is 0.917 bits per heavy atom. The van der Waals surface area contributed by atoms with E-state index in [1.807, 2.05) is 0 Å². The third-order valence-electron chi connectivity index (χ3n) is 3.07. The van der Waals surface area contributed by atoms with Crippen molar-refractivity contribution < 1.29 is 17.7 Å². The molecule has 3 heterocycles. The molecule has 3 aliphatic heterocycles. The van der Waals surface area contributed by atoms with Gasteiger partial charge in [0.2, 0.25) is 0 Å². The first-order chi connectivity index (χ1) is 5.54. The molecule has 2 nitrogen and oxygen atoms in total. The maximum atomic E-state index is 12.6. The SMILES string of the molecule is FC(F)(F)[N+]12CCN(CC1)CC2. The van der Waals surface area contributed by atoms with Crippen LogP contribution >= 0.6 is 0 Å². The van der Waals surface area contributed by atoms with E-state index in [4.69, 9.17) is 0 Å². The Bertz CT molecular complexity index is 168. The van der Waals surface area contributed by atoms with E-state index in [0.29, 0.717) is 19.6 Å². The van der Waals surface area contributed by atoms with Crippen LogP contribution in [0.2, 0.25) is 0 Å². The number of rotatable bonds is 0.